The molecule has 142 valence electrons. The van der Waals surface area contributed by atoms with E-state index in [4.69, 9.17) is 0 Å². The van der Waals surface area contributed by atoms with Crippen molar-refractivity contribution >= 4 is 11.8 Å². The zero-order valence-corrected chi connectivity index (χ0v) is 14.7. The molecule has 3 rings (SSSR count). The molecule has 1 aliphatic heterocycles. The Labute approximate surface area is 154 Å². The number of rotatable bonds is 2. The largest absolute Gasteiger partial charge is 0.433 e. The molecule has 2 amide bonds. The van der Waals surface area contributed by atoms with E-state index >= 15 is 0 Å². The predicted molar refractivity (Wildman–Crippen MR) is 92.2 cm³/mol. The fourth-order valence-electron chi connectivity index (χ4n) is 2.99. The lowest BCUT2D eigenvalue weighted by molar-refractivity contribution is -0.141. The van der Waals surface area contributed by atoms with Gasteiger partial charge in [0.25, 0.3) is 11.8 Å². The maximum Gasteiger partial charge on any atom is 0.433 e. The van der Waals surface area contributed by atoms with Crippen molar-refractivity contribution in [3.63, 3.8) is 0 Å². The topological polar surface area (TPSA) is 53.5 Å². The zero-order valence-electron chi connectivity index (χ0n) is 14.7. The summed E-state index contributed by atoms with van der Waals surface area (Å²) < 4.78 is 38.2. The summed E-state index contributed by atoms with van der Waals surface area (Å²) in [6.07, 6.45) is -4.55. The van der Waals surface area contributed by atoms with Crippen LogP contribution in [0.3, 0.4) is 0 Å². The highest BCUT2D eigenvalue weighted by Crippen LogP contribution is 2.28. The van der Waals surface area contributed by atoms with E-state index in [0.717, 1.165) is 12.1 Å². The van der Waals surface area contributed by atoms with Gasteiger partial charge in [-0.05, 0) is 31.2 Å². The minimum atomic E-state index is -4.55. The summed E-state index contributed by atoms with van der Waals surface area (Å²) >= 11 is 0. The number of alkyl halides is 3. The Morgan fingerprint density at radius 1 is 0.889 bits per heavy atom. The number of hydrogen-bond acceptors (Lipinski definition) is 3. The molecule has 5 nitrogen and oxygen atoms in total. The first-order valence-corrected chi connectivity index (χ1v) is 8.46. The molecular formula is C19H18F3N3O2. The highest BCUT2D eigenvalue weighted by molar-refractivity contribution is 5.96. The van der Waals surface area contributed by atoms with Crippen LogP contribution in [0.5, 0.6) is 0 Å². The van der Waals surface area contributed by atoms with Gasteiger partial charge in [-0.25, -0.2) is 4.98 Å². The van der Waals surface area contributed by atoms with Crippen molar-refractivity contribution in [1.29, 1.82) is 0 Å². The van der Waals surface area contributed by atoms with E-state index in [1.165, 1.54) is 11.8 Å². The second-order valence-electron chi connectivity index (χ2n) is 6.28. The molecular weight excluding hydrogens is 359 g/mol. The monoisotopic (exact) mass is 377 g/mol. The van der Waals surface area contributed by atoms with E-state index in [9.17, 15) is 22.8 Å². The van der Waals surface area contributed by atoms with E-state index in [-0.39, 0.29) is 23.1 Å². The van der Waals surface area contributed by atoms with Gasteiger partial charge < -0.3 is 9.80 Å². The first-order chi connectivity index (χ1) is 12.8. The Morgan fingerprint density at radius 3 is 1.96 bits per heavy atom. The van der Waals surface area contributed by atoms with Gasteiger partial charge in [-0.15, -0.1) is 0 Å². The van der Waals surface area contributed by atoms with Crippen LogP contribution in [0, 0.1) is 6.92 Å². The van der Waals surface area contributed by atoms with Crippen molar-refractivity contribution in [2.45, 2.75) is 13.1 Å². The highest BCUT2D eigenvalue weighted by atomic mass is 19.4. The number of hydrogen-bond donors (Lipinski definition) is 0. The van der Waals surface area contributed by atoms with Crippen molar-refractivity contribution in [3.8, 4) is 0 Å². The number of halogens is 3. The van der Waals surface area contributed by atoms with Gasteiger partial charge in [0, 0.05) is 31.7 Å². The van der Waals surface area contributed by atoms with Gasteiger partial charge in [-0.3, -0.25) is 9.59 Å². The minimum Gasteiger partial charge on any atom is -0.335 e. The first-order valence-electron chi connectivity index (χ1n) is 8.46. The molecule has 0 atom stereocenters. The summed E-state index contributed by atoms with van der Waals surface area (Å²) in [7, 11) is 0. The Kier molecular flexibility index (Phi) is 5.16. The van der Waals surface area contributed by atoms with Crippen LogP contribution in [-0.2, 0) is 6.18 Å². The second-order valence-corrected chi connectivity index (χ2v) is 6.28. The molecule has 1 saturated heterocycles. The van der Waals surface area contributed by atoms with Crippen molar-refractivity contribution in [2.75, 3.05) is 26.2 Å². The van der Waals surface area contributed by atoms with E-state index in [2.05, 4.69) is 4.98 Å². The quantitative estimate of drug-likeness (QED) is 0.809. The summed E-state index contributed by atoms with van der Waals surface area (Å²) in [6.45, 7) is 2.76. The average Bonchev–Trinajstić information content (AvgIpc) is 2.67. The minimum absolute atomic E-state index is 0.0395. The molecule has 2 aromatic rings. The maximum atomic E-state index is 12.7. The molecule has 1 aliphatic rings. The van der Waals surface area contributed by atoms with Gasteiger partial charge in [0.15, 0.2) is 0 Å². The number of pyridine rings is 1. The fraction of sp³-hybridized carbons (Fsp3) is 0.316. The zero-order chi connectivity index (χ0) is 19.6. The van der Waals surface area contributed by atoms with Crippen LogP contribution in [0.25, 0.3) is 0 Å². The molecule has 0 aliphatic carbocycles. The Morgan fingerprint density at radius 2 is 1.44 bits per heavy atom. The molecule has 1 aromatic heterocycles. The maximum absolute atomic E-state index is 12.7. The van der Waals surface area contributed by atoms with Crippen LogP contribution in [0.4, 0.5) is 13.2 Å². The Bertz CT molecular complexity index is 845. The average molecular weight is 377 g/mol. The van der Waals surface area contributed by atoms with Crippen molar-refractivity contribution in [1.82, 2.24) is 14.8 Å². The summed E-state index contributed by atoms with van der Waals surface area (Å²) in [5.74, 6) is -0.476. The number of carbonyl (C=O) groups excluding carboxylic acids is 2. The Balaban J connectivity index is 1.66. The van der Waals surface area contributed by atoms with E-state index < -0.39 is 11.9 Å². The summed E-state index contributed by atoms with van der Waals surface area (Å²) in [5, 5.41) is 0. The summed E-state index contributed by atoms with van der Waals surface area (Å²) in [4.78, 5) is 31.8. The standard InChI is InChI=1S/C19H18F3N3O2/c1-13-15(7-8-16(23-13)19(20,21)22)18(27)25-11-9-24(10-12-25)17(26)14-5-3-2-4-6-14/h2-8H,9-12H2,1H3. The van der Waals surface area contributed by atoms with Crippen LogP contribution >= 0.6 is 0 Å². The molecule has 1 fully saturated rings. The van der Waals surface area contributed by atoms with Gasteiger partial charge >= 0.3 is 6.18 Å². The molecule has 2 heterocycles. The lowest BCUT2D eigenvalue weighted by Gasteiger charge is -2.35. The number of piperazine rings is 1. The van der Waals surface area contributed by atoms with Gasteiger partial charge in [0.1, 0.15) is 5.69 Å². The number of benzene rings is 1. The third-order valence-corrected chi connectivity index (χ3v) is 4.48. The molecule has 8 heteroatoms. The number of aryl methyl sites for hydroxylation is 1. The van der Waals surface area contributed by atoms with Crippen molar-refractivity contribution in [3.05, 3.63) is 65.0 Å². The van der Waals surface area contributed by atoms with Crippen LogP contribution in [-0.4, -0.2) is 52.8 Å². The highest BCUT2D eigenvalue weighted by Gasteiger charge is 2.33. The van der Waals surface area contributed by atoms with Gasteiger partial charge in [0.05, 0.1) is 11.3 Å². The number of carbonyl (C=O) groups is 2. The van der Waals surface area contributed by atoms with E-state index in [0.29, 0.717) is 31.7 Å². The van der Waals surface area contributed by atoms with E-state index in [1.807, 2.05) is 6.07 Å². The van der Waals surface area contributed by atoms with Crippen LogP contribution in [0.1, 0.15) is 32.1 Å². The molecule has 0 N–H and O–H groups in total. The van der Waals surface area contributed by atoms with E-state index in [1.54, 1.807) is 29.2 Å². The number of amides is 2. The van der Waals surface area contributed by atoms with Crippen LogP contribution < -0.4 is 0 Å². The fourth-order valence-corrected chi connectivity index (χ4v) is 2.99. The molecule has 0 unspecified atom stereocenters. The molecule has 1 aromatic carbocycles. The smallest absolute Gasteiger partial charge is 0.335 e. The van der Waals surface area contributed by atoms with Gasteiger partial charge in [-0.1, -0.05) is 18.2 Å². The normalized spacial score (nSPS) is 15.0. The Hall–Kier alpha value is -2.90. The number of aromatic nitrogens is 1. The third kappa shape index (κ3) is 4.10. The van der Waals surface area contributed by atoms with Gasteiger partial charge in [0.2, 0.25) is 0 Å². The lowest BCUT2D eigenvalue weighted by Crippen LogP contribution is -2.50. The SMILES string of the molecule is Cc1nc(C(F)(F)F)ccc1C(=O)N1CCN(C(=O)c2ccccc2)CC1. The second kappa shape index (κ2) is 7.38. The van der Waals surface area contributed by atoms with Crippen LogP contribution in [0.2, 0.25) is 0 Å². The van der Waals surface area contributed by atoms with Gasteiger partial charge in [-0.2, -0.15) is 13.2 Å². The molecule has 0 spiro atoms. The predicted octanol–water partition coefficient (Wildman–Crippen LogP) is 3.01. The van der Waals surface area contributed by atoms with Crippen molar-refractivity contribution in [2.24, 2.45) is 0 Å². The molecule has 0 bridgehead atoms. The first kappa shape index (κ1) is 18.9. The lowest BCUT2D eigenvalue weighted by atomic mass is 10.1. The number of nitrogens with zero attached hydrogens (tertiary/aromatic N) is 3. The molecule has 0 saturated carbocycles. The summed E-state index contributed by atoms with van der Waals surface area (Å²) in [6, 6.07) is 10.8. The van der Waals surface area contributed by atoms with Crippen LogP contribution in [0.15, 0.2) is 42.5 Å². The molecule has 0 radical (unpaired) electrons. The molecule has 27 heavy (non-hydrogen) atoms. The summed E-state index contributed by atoms with van der Waals surface area (Å²) in [5.41, 5.74) is -0.252. The van der Waals surface area contributed by atoms with Crippen molar-refractivity contribution < 1.29 is 22.8 Å². The third-order valence-electron chi connectivity index (χ3n) is 4.48.